The summed E-state index contributed by atoms with van der Waals surface area (Å²) >= 11 is 0. The van der Waals surface area contributed by atoms with E-state index in [9.17, 15) is 5.11 Å². The highest BCUT2D eigenvalue weighted by Crippen LogP contribution is 2.21. The fraction of sp³-hybridized carbons (Fsp3) is 0.583. The Morgan fingerprint density at radius 1 is 1.56 bits per heavy atom. The van der Waals surface area contributed by atoms with Gasteiger partial charge in [0.25, 0.3) is 0 Å². The third-order valence-corrected chi connectivity index (χ3v) is 2.77. The third-order valence-electron chi connectivity index (χ3n) is 2.77. The first-order valence-electron chi connectivity index (χ1n) is 5.89. The van der Waals surface area contributed by atoms with E-state index in [4.69, 9.17) is 4.42 Å². The fourth-order valence-electron chi connectivity index (χ4n) is 1.72. The average molecular weight is 365 g/mol. The molecule has 1 aliphatic rings. The van der Waals surface area contributed by atoms with Crippen LogP contribution in [0.4, 0.5) is 0 Å². The van der Waals surface area contributed by atoms with Gasteiger partial charge in [-0.2, -0.15) is 0 Å². The lowest BCUT2D eigenvalue weighted by Crippen LogP contribution is -2.46. The third kappa shape index (κ3) is 3.88. The predicted octanol–water partition coefficient (Wildman–Crippen LogP) is 1.35. The van der Waals surface area contributed by atoms with Crippen molar-refractivity contribution >= 4 is 29.9 Å². The van der Waals surface area contributed by atoms with Crippen molar-refractivity contribution in [2.24, 2.45) is 4.99 Å². The molecular weight excluding hydrogens is 345 g/mol. The zero-order valence-corrected chi connectivity index (χ0v) is 13.0. The van der Waals surface area contributed by atoms with Crippen molar-refractivity contribution in [3.8, 4) is 0 Å². The lowest BCUT2D eigenvalue weighted by Gasteiger charge is -2.24. The van der Waals surface area contributed by atoms with Gasteiger partial charge in [0, 0.05) is 13.1 Å². The first kappa shape index (κ1) is 15.3. The van der Waals surface area contributed by atoms with E-state index in [0.29, 0.717) is 12.3 Å². The van der Waals surface area contributed by atoms with Gasteiger partial charge in [0.05, 0.1) is 6.54 Å². The maximum absolute atomic E-state index is 10.3. The van der Waals surface area contributed by atoms with E-state index >= 15 is 0 Å². The summed E-state index contributed by atoms with van der Waals surface area (Å²) in [6.45, 7) is 5.71. The molecule has 0 spiro atoms. The van der Waals surface area contributed by atoms with Crippen LogP contribution in [0.25, 0.3) is 0 Å². The van der Waals surface area contributed by atoms with Crippen LogP contribution in [0.15, 0.2) is 21.5 Å². The summed E-state index contributed by atoms with van der Waals surface area (Å²) in [7, 11) is 0. The number of hydrogen-bond acceptors (Lipinski definition) is 5. The normalized spacial score (nSPS) is 18.1. The molecule has 1 atom stereocenters. The van der Waals surface area contributed by atoms with Gasteiger partial charge in [0.1, 0.15) is 17.1 Å². The van der Waals surface area contributed by atoms with E-state index < -0.39 is 5.60 Å². The fourth-order valence-corrected chi connectivity index (χ4v) is 1.72. The van der Waals surface area contributed by atoms with E-state index in [1.54, 1.807) is 13.0 Å². The molecule has 18 heavy (non-hydrogen) atoms. The van der Waals surface area contributed by atoms with E-state index in [-0.39, 0.29) is 24.0 Å². The Morgan fingerprint density at radius 3 is 2.89 bits per heavy atom. The van der Waals surface area contributed by atoms with Crippen molar-refractivity contribution in [3.63, 3.8) is 0 Å². The summed E-state index contributed by atoms with van der Waals surface area (Å²) in [6, 6.07) is 3.65. The second-order valence-electron chi connectivity index (χ2n) is 4.55. The SMILES string of the molecule is Cc1ccc(C(C)(O)CNC2=NCCCN2)o1.I. The van der Waals surface area contributed by atoms with Crippen molar-refractivity contribution in [2.45, 2.75) is 25.9 Å². The average Bonchev–Trinajstić information content (AvgIpc) is 2.76. The molecule has 1 aliphatic heterocycles. The monoisotopic (exact) mass is 365 g/mol. The Bertz CT molecular complexity index is 415. The molecular formula is C12H20IN3O2. The minimum Gasteiger partial charge on any atom is -0.463 e. The summed E-state index contributed by atoms with van der Waals surface area (Å²) in [5.74, 6) is 2.12. The summed E-state index contributed by atoms with van der Waals surface area (Å²) < 4.78 is 5.44. The van der Waals surface area contributed by atoms with Crippen LogP contribution in [0.2, 0.25) is 0 Å². The molecule has 5 nitrogen and oxygen atoms in total. The number of aliphatic imine (C=N–C) groups is 1. The molecule has 0 fully saturated rings. The number of furan rings is 1. The van der Waals surface area contributed by atoms with Crippen molar-refractivity contribution in [1.82, 2.24) is 10.6 Å². The van der Waals surface area contributed by atoms with Gasteiger partial charge >= 0.3 is 0 Å². The Morgan fingerprint density at radius 2 is 2.33 bits per heavy atom. The summed E-state index contributed by atoms with van der Waals surface area (Å²) in [5, 5.41) is 16.5. The number of halogens is 1. The Balaban J connectivity index is 0.00000162. The second-order valence-corrected chi connectivity index (χ2v) is 4.55. The topological polar surface area (TPSA) is 69.8 Å². The quantitative estimate of drug-likeness (QED) is 0.708. The molecule has 0 saturated carbocycles. The molecule has 3 N–H and O–H groups in total. The molecule has 0 amide bonds. The minimum absolute atomic E-state index is 0. The summed E-state index contributed by atoms with van der Waals surface area (Å²) in [6.07, 6.45) is 1.05. The zero-order chi connectivity index (χ0) is 12.3. The van der Waals surface area contributed by atoms with Crippen LogP contribution in [-0.4, -0.2) is 30.7 Å². The van der Waals surface area contributed by atoms with Crippen LogP contribution >= 0.6 is 24.0 Å². The second kappa shape index (κ2) is 6.42. The number of rotatable bonds is 3. The first-order chi connectivity index (χ1) is 8.08. The number of nitrogens with one attached hydrogen (secondary N) is 2. The molecule has 0 radical (unpaired) electrons. The number of aliphatic hydroxyl groups is 1. The van der Waals surface area contributed by atoms with E-state index in [1.807, 2.05) is 13.0 Å². The maximum Gasteiger partial charge on any atom is 0.191 e. The molecule has 0 aliphatic carbocycles. The molecule has 1 aromatic rings. The van der Waals surface area contributed by atoms with E-state index in [2.05, 4.69) is 15.6 Å². The largest absolute Gasteiger partial charge is 0.463 e. The van der Waals surface area contributed by atoms with Gasteiger partial charge in [-0.3, -0.25) is 4.99 Å². The molecule has 0 saturated heterocycles. The predicted molar refractivity (Wildman–Crippen MR) is 81.4 cm³/mol. The molecule has 2 rings (SSSR count). The molecule has 1 unspecified atom stereocenters. The standard InChI is InChI=1S/C12H19N3O2.HI/c1-9-4-5-10(17-9)12(2,16)8-15-11-13-6-3-7-14-11;/h4-5,16H,3,6-8H2,1-2H3,(H2,13,14,15);1H. The van der Waals surface area contributed by atoms with Gasteiger partial charge in [-0.25, -0.2) is 0 Å². The van der Waals surface area contributed by atoms with Crippen LogP contribution in [0, 0.1) is 6.92 Å². The van der Waals surface area contributed by atoms with Crippen molar-refractivity contribution in [1.29, 1.82) is 0 Å². The zero-order valence-electron chi connectivity index (χ0n) is 10.7. The van der Waals surface area contributed by atoms with E-state index in [0.717, 1.165) is 31.2 Å². The van der Waals surface area contributed by atoms with Crippen LogP contribution < -0.4 is 10.6 Å². The number of guanidine groups is 1. The van der Waals surface area contributed by atoms with Crippen LogP contribution in [0.5, 0.6) is 0 Å². The van der Waals surface area contributed by atoms with Crippen molar-refractivity contribution < 1.29 is 9.52 Å². The number of nitrogens with zero attached hydrogens (tertiary/aromatic N) is 1. The highest BCUT2D eigenvalue weighted by Gasteiger charge is 2.27. The van der Waals surface area contributed by atoms with E-state index in [1.165, 1.54) is 0 Å². The summed E-state index contributed by atoms with van der Waals surface area (Å²) in [5.41, 5.74) is -1.03. The highest BCUT2D eigenvalue weighted by molar-refractivity contribution is 14.0. The summed E-state index contributed by atoms with van der Waals surface area (Å²) in [4.78, 5) is 4.28. The Kier molecular flexibility index (Phi) is 5.46. The molecule has 102 valence electrons. The van der Waals surface area contributed by atoms with Gasteiger partial charge in [-0.1, -0.05) is 0 Å². The van der Waals surface area contributed by atoms with Crippen LogP contribution in [0.1, 0.15) is 24.9 Å². The van der Waals surface area contributed by atoms with Gasteiger partial charge in [0.2, 0.25) is 0 Å². The van der Waals surface area contributed by atoms with Crippen molar-refractivity contribution in [3.05, 3.63) is 23.7 Å². The molecule has 2 heterocycles. The first-order valence-corrected chi connectivity index (χ1v) is 5.89. The van der Waals surface area contributed by atoms with Gasteiger partial charge in [-0.15, -0.1) is 24.0 Å². The number of hydrogen-bond donors (Lipinski definition) is 3. The van der Waals surface area contributed by atoms with Crippen LogP contribution in [0.3, 0.4) is 0 Å². The molecule has 0 bridgehead atoms. The van der Waals surface area contributed by atoms with Crippen molar-refractivity contribution in [2.75, 3.05) is 19.6 Å². The lowest BCUT2D eigenvalue weighted by molar-refractivity contribution is 0.0377. The van der Waals surface area contributed by atoms with Gasteiger partial charge in [0.15, 0.2) is 5.96 Å². The van der Waals surface area contributed by atoms with Gasteiger partial charge < -0.3 is 20.2 Å². The smallest absolute Gasteiger partial charge is 0.191 e. The minimum atomic E-state index is -1.03. The van der Waals surface area contributed by atoms with Crippen LogP contribution in [-0.2, 0) is 5.60 Å². The number of aryl methyl sites for hydroxylation is 1. The van der Waals surface area contributed by atoms with Gasteiger partial charge in [-0.05, 0) is 32.4 Å². The highest BCUT2D eigenvalue weighted by atomic mass is 127. The lowest BCUT2D eigenvalue weighted by atomic mass is 10.0. The Hall–Kier alpha value is -0.760. The molecule has 0 aromatic carbocycles. The Labute approximate surface area is 124 Å². The molecule has 6 heteroatoms. The molecule has 1 aromatic heterocycles. The maximum atomic E-state index is 10.3.